The van der Waals surface area contributed by atoms with E-state index in [1.165, 1.54) is 0 Å². The first-order valence-electron chi connectivity index (χ1n) is 6.98. The molecule has 23 heavy (non-hydrogen) atoms. The zero-order valence-electron chi connectivity index (χ0n) is 12.9. The molecule has 0 radical (unpaired) electrons. The molecule has 0 saturated carbocycles. The molecular weight excluding hydrogens is 335 g/mol. The van der Waals surface area contributed by atoms with E-state index < -0.39 is 0 Å². The highest BCUT2D eigenvalue weighted by Crippen LogP contribution is 2.39. The lowest BCUT2D eigenvalue weighted by atomic mass is 10.0. The molecule has 1 aromatic heterocycles. The minimum atomic E-state index is 0.481. The Kier molecular flexibility index (Phi) is 4.33. The van der Waals surface area contributed by atoms with Crippen LogP contribution in [-0.4, -0.2) is 14.2 Å². The molecule has 0 bridgehead atoms. The van der Waals surface area contributed by atoms with Gasteiger partial charge in [-0.05, 0) is 24.3 Å². The minimum absolute atomic E-state index is 0.481. The number of halogens is 2. The first-order valence-corrected chi connectivity index (χ1v) is 7.74. The van der Waals surface area contributed by atoms with Crippen LogP contribution in [0.4, 0.5) is 0 Å². The summed E-state index contributed by atoms with van der Waals surface area (Å²) in [6.07, 6.45) is 0. The smallest absolute Gasteiger partial charge is 0.368 e. The molecule has 0 aliphatic heterocycles. The molecule has 0 N–H and O–H groups in total. The van der Waals surface area contributed by atoms with E-state index in [-0.39, 0.29) is 0 Å². The van der Waals surface area contributed by atoms with Gasteiger partial charge in [0.05, 0.1) is 42.1 Å². The molecule has 0 spiro atoms. The van der Waals surface area contributed by atoms with Gasteiger partial charge in [-0.25, -0.2) is 4.42 Å². The Bertz CT molecular complexity index is 891. The maximum absolute atomic E-state index is 6.14. The van der Waals surface area contributed by atoms with Crippen LogP contribution in [0.1, 0.15) is 5.76 Å². The Morgan fingerprint density at radius 3 is 2.22 bits per heavy atom. The van der Waals surface area contributed by atoms with Crippen molar-refractivity contribution in [1.82, 2.24) is 0 Å². The van der Waals surface area contributed by atoms with Crippen molar-refractivity contribution < 1.29 is 13.9 Å². The highest BCUT2D eigenvalue weighted by molar-refractivity contribution is 6.42. The predicted octanol–water partition coefficient (Wildman–Crippen LogP) is 6.01. The van der Waals surface area contributed by atoms with Crippen LogP contribution in [0.2, 0.25) is 10.0 Å². The zero-order valence-corrected chi connectivity index (χ0v) is 14.5. The van der Waals surface area contributed by atoms with Crippen molar-refractivity contribution >= 4 is 34.0 Å². The summed E-state index contributed by atoms with van der Waals surface area (Å²) in [6, 6.07) is 11.2. The van der Waals surface area contributed by atoms with Crippen LogP contribution in [-0.2, 0) is 0 Å². The highest BCUT2D eigenvalue weighted by atomic mass is 35.5. The second-order valence-electron chi connectivity index (χ2n) is 5.11. The van der Waals surface area contributed by atoms with Crippen LogP contribution in [0.5, 0.6) is 11.5 Å². The summed E-state index contributed by atoms with van der Waals surface area (Å²) in [5, 5.41) is 2.89. The highest BCUT2D eigenvalue weighted by Gasteiger charge is 2.22. The molecule has 3 aromatic rings. The van der Waals surface area contributed by atoms with Crippen molar-refractivity contribution in [3.05, 3.63) is 52.2 Å². The number of ether oxygens (including phenoxy) is 2. The Balaban J connectivity index is 2.32. The third-order valence-electron chi connectivity index (χ3n) is 3.60. The largest absolute Gasteiger partial charge is 0.493 e. The van der Waals surface area contributed by atoms with E-state index in [0.29, 0.717) is 27.3 Å². The molecule has 0 amide bonds. The van der Waals surface area contributed by atoms with Crippen LogP contribution in [0.3, 0.4) is 0 Å². The van der Waals surface area contributed by atoms with Crippen LogP contribution in [0.15, 0.2) is 40.8 Å². The lowest BCUT2D eigenvalue weighted by molar-refractivity contribution is 0.355. The van der Waals surface area contributed by atoms with Gasteiger partial charge in [-0.15, -0.1) is 0 Å². The fourth-order valence-corrected chi connectivity index (χ4v) is 2.83. The molecule has 5 heteroatoms. The van der Waals surface area contributed by atoms with E-state index >= 15 is 0 Å². The van der Waals surface area contributed by atoms with Crippen LogP contribution >= 0.6 is 23.2 Å². The van der Waals surface area contributed by atoms with Crippen LogP contribution in [0, 0.1) is 6.92 Å². The molecule has 0 atom stereocenters. The summed E-state index contributed by atoms with van der Waals surface area (Å²) < 4.78 is 16.7. The number of hydrogen-bond donors (Lipinski definition) is 0. The third kappa shape index (κ3) is 2.94. The summed E-state index contributed by atoms with van der Waals surface area (Å²) >= 11 is 12.1. The number of hydrogen-bond acceptors (Lipinski definition) is 2. The van der Waals surface area contributed by atoms with Gasteiger partial charge in [0, 0.05) is 17.5 Å². The topological polar surface area (TPSA) is 29.8 Å². The van der Waals surface area contributed by atoms with Crippen molar-refractivity contribution in [2.45, 2.75) is 6.92 Å². The third-order valence-corrected chi connectivity index (χ3v) is 4.34. The van der Waals surface area contributed by atoms with E-state index in [4.69, 9.17) is 37.1 Å². The Labute approximate surface area is 144 Å². The fourth-order valence-electron chi connectivity index (χ4n) is 2.53. The minimum Gasteiger partial charge on any atom is -0.493 e. The average Bonchev–Trinajstić information content (AvgIpc) is 2.55. The van der Waals surface area contributed by atoms with Crippen LogP contribution < -0.4 is 9.47 Å². The van der Waals surface area contributed by atoms with E-state index in [1.54, 1.807) is 26.4 Å². The Morgan fingerprint density at radius 1 is 0.870 bits per heavy atom. The van der Waals surface area contributed by atoms with Gasteiger partial charge in [-0.1, -0.05) is 23.2 Å². The number of fused-ring (bicyclic) bond motifs is 1. The summed E-state index contributed by atoms with van der Waals surface area (Å²) in [6.45, 7) is 1.90. The Hall–Kier alpha value is -1.97. The quantitative estimate of drug-likeness (QED) is 0.542. The molecule has 0 unspecified atom stereocenters. The molecule has 0 saturated heterocycles. The second-order valence-corrected chi connectivity index (χ2v) is 5.92. The van der Waals surface area contributed by atoms with E-state index in [2.05, 4.69) is 0 Å². The molecule has 2 aromatic carbocycles. The molecule has 118 valence electrons. The van der Waals surface area contributed by atoms with Gasteiger partial charge < -0.3 is 9.47 Å². The molecule has 3 nitrogen and oxygen atoms in total. The van der Waals surface area contributed by atoms with Crippen molar-refractivity contribution in [1.29, 1.82) is 0 Å². The number of aryl methyl sites for hydroxylation is 1. The van der Waals surface area contributed by atoms with Gasteiger partial charge in [-0.2, -0.15) is 0 Å². The normalized spacial score (nSPS) is 10.8. The van der Waals surface area contributed by atoms with Gasteiger partial charge in [0.1, 0.15) is 0 Å². The summed E-state index contributed by atoms with van der Waals surface area (Å²) in [4.78, 5) is 0. The van der Waals surface area contributed by atoms with E-state index in [1.807, 2.05) is 31.2 Å². The Morgan fingerprint density at radius 2 is 1.57 bits per heavy atom. The summed E-state index contributed by atoms with van der Waals surface area (Å²) in [5.41, 5.74) is 0.848. The maximum Gasteiger partial charge on any atom is 0.368 e. The standard InChI is InChI=1S/C18H15Cl2O3/c1-10-6-12-8-16(21-2)17(22-3)9-13(12)18(23-10)11-4-5-14(19)15(20)7-11/h4-9H,1-3H3/q+1. The molecule has 0 fully saturated rings. The number of methoxy groups -OCH3 is 2. The first-order chi connectivity index (χ1) is 11.0. The lowest BCUT2D eigenvalue weighted by Crippen LogP contribution is -1.92. The zero-order chi connectivity index (χ0) is 16.6. The molecule has 1 heterocycles. The lowest BCUT2D eigenvalue weighted by Gasteiger charge is -2.08. The van der Waals surface area contributed by atoms with E-state index in [9.17, 15) is 0 Å². The van der Waals surface area contributed by atoms with Gasteiger partial charge >= 0.3 is 11.5 Å². The van der Waals surface area contributed by atoms with Crippen molar-refractivity contribution in [2.24, 2.45) is 0 Å². The first kappa shape index (κ1) is 15.9. The van der Waals surface area contributed by atoms with Gasteiger partial charge in [0.2, 0.25) is 0 Å². The average molecular weight is 350 g/mol. The van der Waals surface area contributed by atoms with Crippen LogP contribution in [0.25, 0.3) is 22.1 Å². The van der Waals surface area contributed by atoms with Crippen molar-refractivity contribution in [3.63, 3.8) is 0 Å². The molecule has 0 aliphatic rings. The molecular formula is C18H15Cl2O3+. The summed E-state index contributed by atoms with van der Waals surface area (Å²) in [7, 11) is 3.22. The van der Waals surface area contributed by atoms with Gasteiger partial charge in [-0.3, -0.25) is 0 Å². The number of benzene rings is 2. The maximum atomic E-state index is 6.14. The van der Waals surface area contributed by atoms with Gasteiger partial charge in [0.15, 0.2) is 11.5 Å². The van der Waals surface area contributed by atoms with Gasteiger partial charge in [0.25, 0.3) is 0 Å². The van der Waals surface area contributed by atoms with Crippen molar-refractivity contribution in [3.8, 4) is 22.8 Å². The SMILES string of the molecule is COc1cc2cc(C)[o+]c(-c3ccc(Cl)c(Cl)c3)c2cc1OC. The number of rotatable bonds is 3. The van der Waals surface area contributed by atoms with Crippen molar-refractivity contribution in [2.75, 3.05) is 14.2 Å². The van der Waals surface area contributed by atoms with E-state index in [0.717, 1.165) is 22.1 Å². The molecule has 0 aliphatic carbocycles. The fraction of sp³-hybridized carbons (Fsp3) is 0.167. The monoisotopic (exact) mass is 349 g/mol. The summed E-state index contributed by atoms with van der Waals surface area (Å²) in [5.74, 6) is 2.80. The molecule has 3 rings (SSSR count). The second kappa shape index (κ2) is 6.26. The predicted molar refractivity (Wildman–Crippen MR) is 93.9 cm³/mol.